The Kier molecular flexibility index (Phi) is 4.44. The molecular formula is C15H16N4O. The Morgan fingerprint density at radius 1 is 1.25 bits per heavy atom. The van der Waals surface area contributed by atoms with Crippen LogP contribution in [-0.4, -0.2) is 29.7 Å². The number of amides is 1. The summed E-state index contributed by atoms with van der Waals surface area (Å²) >= 11 is 0. The van der Waals surface area contributed by atoms with E-state index < -0.39 is 0 Å². The number of rotatable bonds is 5. The molecule has 0 aliphatic rings. The Labute approximate surface area is 118 Å². The van der Waals surface area contributed by atoms with Gasteiger partial charge < -0.3 is 10.2 Å². The molecule has 2 rings (SSSR count). The average Bonchev–Trinajstić information content (AvgIpc) is 2.53. The second kappa shape index (κ2) is 6.47. The third-order valence-electron chi connectivity index (χ3n) is 2.78. The van der Waals surface area contributed by atoms with Crippen LogP contribution in [0.1, 0.15) is 10.5 Å². The third-order valence-corrected chi connectivity index (χ3v) is 2.78. The standard InChI is InChI=1S/C15H16N4O/c1-3-11-16-15(20)13-9-10-14(18-17-13)19(2)12-7-5-4-6-8-12/h3-10H,1,11H2,2H3,(H,16,20). The molecule has 0 radical (unpaired) electrons. The van der Waals surface area contributed by atoms with E-state index in [1.165, 1.54) is 0 Å². The Morgan fingerprint density at radius 3 is 2.60 bits per heavy atom. The van der Waals surface area contributed by atoms with Gasteiger partial charge in [0.25, 0.3) is 5.91 Å². The fourth-order valence-corrected chi connectivity index (χ4v) is 1.66. The highest BCUT2D eigenvalue weighted by molar-refractivity contribution is 5.92. The smallest absolute Gasteiger partial charge is 0.272 e. The van der Waals surface area contributed by atoms with Crippen molar-refractivity contribution < 1.29 is 4.79 Å². The van der Waals surface area contributed by atoms with Crippen molar-refractivity contribution in [2.75, 3.05) is 18.5 Å². The predicted molar refractivity (Wildman–Crippen MR) is 79.1 cm³/mol. The minimum absolute atomic E-state index is 0.258. The van der Waals surface area contributed by atoms with Crippen molar-refractivity contribution in [2.24, 2.45) is 0 Å². The maximum Gasteiger partial charge on any atom is 0.272 e. The number of nitrogens with one attached hydrogen (secondary N) is 1. The van der Waals surface area contributed by atoms with Crippen molar-refractivity contribution in [1.29, 1.82) is 0 Å². The summed E-state index contributed by atoms with van der Waals surface area (Å²) in [4.78, 5) is 13.6. The van der Waals surface area contributed by atoms with Crippen LogP contribution in [0, 0.1) is 0 Å². The van der Waals surface area contributed by atoms with Crippen LogP contribution >= 0.6 is 0 Å². The summed E-state index contributed by atoms with van der Waals surface area (Å²) in [6.07, 6.45) is 1.61. The Balaban J connectivity index is 2.12. The van der Waals surface area contributed by atoms with Gasteiger partial charge in [-0.15, -0.1) is 16.8 Å². The van der Waals surface area contributed by atoms with E-state index in [0.29, 0.717) is 12.4 Å². The highest BCUT2D eigenvalue weighted by Crippen LogP contribution is 2.19. The minimum atomic E-state index is -0.258. The molecule has 0 saturated carbocycles. The zero-order chi connectivity index (χ0) is 14.4. The predicted octanol–water partition coefficient (Wildman–Crippen LogP) is 2.16. The van der Waals surface area contributed by atoms with Crippen molar-refractivity contribution in [1.82, 2.24) is 15.5 Å². The van der Waals surface area contributed by atoms with Crippen LogP contribution in [0.2, 0.25) is 0 Å². The lowest BCUT2D eigenvalue weighted by atomic mass is 10.3. The van der Waals surface area contributed by atoms with E-state index in [-0.39, 0.29) is 11.6 Å². The summed E-state index contributed by atoms with van der Waals surface area (Å²) in [5, 5.41) is 10.7. The van der Waals surface area contributed by atoms with Crippen molar-refractivity contribution in [3.05, 3.63) is 60.8 Å². The molecule has 1 N–H and O–H groups in total. The second-order valence-electron chi connectivity index (χ2n) is 4.17. The van der Waals surface area contributed by atoms with E-state index in [0.717, 1.165) is 5.69 Å². The van der Waals surface area contributed by atoms with Crippen LogP contribution in [0.5, 0.6) is 0 Å². The molecule has 1 heterocycles. The molecule has 5 nitrogen and oxygen atoms in total. The van der Waals surface area contributed by atoms with E-state index in [4.69, 9.17) is 0 Å². The van der Waals surface area contributed by atoms with Crippen molar-refractivity contribution in [2.45, 2.75) is 0 Å². The molecule has 0 unspecified atom stereocenters. The SMILES string of the molecule is C=CCNC(=O)c1ccc(N(C)c2ccccc2)nn1. The zero-order valence-electron chi connectivity index (χ0n) is 11.3. The molecule has 1 amide bonds. The van der Waals surface area contributed by atoms with Gasteiger partial charge in [0.05, 0.1) is 0 Å². The molecule has 102 valence electrons. The van der Waals surface area contributed by atoms with Crippen LogP contribution in [0.15, 0.2) is 55.1 Å². The molecule has 1 aromatic carbocycles. The van der Waals surface area contributed by atoms with E-state index in [9.17, 15) is 4.79 Å². The largest absolute Gasteiger partial charge is 0.347 e. The highest BCUT2D eigenvalue weighted by atomic mass is 16.1. The maximum absolute atomic E-state index is 11.7. The van der Waals surface area contributed by atoms with Crippen LogP contribution in [-0.2, 0) is 0 Å². The zero-order valence-corrected chi connectivity index (χ0v) is 11.3. The van der Waals surface area contributed by atoms with Gasteiger partial charge in [0.1, 0.15) is 0 Å². The first-order valence-corrected chi connectivity index (χ1v) is 6.24. The molecule has 5 heteroatoms. The fraction of sp³-hybridized carbons (Fsp3) is 0.133. The summed E-state index contributed by atoms with van der Waals surface area (Å²) in [5.74, 6) is 0.419. The van der Waals surface area contributed by atoms with Crippen molar-refractivity contribution in [3.8, 4) is 0 Å². The summed E-state index contributed by atoms with van der Waals surface area (Å²) in [7, 11) is 1.90. The molecule has 0 atom stereocenters. The average molecular weight is 268 g/mol. The van der Waals surface area contributed by atoms with Gasteiger partial charge in [0, 0.05) is 19.3 Å². The van der Waals surface area contributed by atoms with Gasteiger partial charge in [0.2, 0.25) is 0 Å². The van der Waals surface area contributed by atoms with E-state index in [1.54, 1.807) is 18.2 Å². The van der Waals surface area contributed by atoms with Crippen LogP contribution in [0.3, 0.4) is 0 Å². The maximum atomic E-state index is 11.7. The number of nitrogens with zero attached hydrogens (tertiary/aromatic N) is 3. The van der Waals surface area contributed by atoms with Crippen molar-refractivity contribution >= 4 is 17.4 Å². The molecule has 0 saturated heterocycles. The van der Waals surface area contributed by atoms with E-state index in [2.05, 4.69) is 22.1 Å². The molecule has 0 aliphatic carbocycles. The number of hydrogen-bond acceptors (Lipinski definition) is 4. The number of benzene rings is 1. The highest BCUT2D eigenvalue weighted by Gasteiger charge is 2.09. The number of carbonyl (C=O) groups excluding carboxylic acids is 1. The molecule has 2 aromatic rings. The molecular weight excluding hydrogens is 252 g/mol. The monoisotopic (exact) mass is 268 g/mol. The van der Waals surface area contributed by atoms with Crippen LogP contribution in [0.25, 0.3) is 0 Å². The molecule has 0 fully saturated rings. The Morgan fingerprint density at radius 2 is 2.00 bits per heavy atom. The Hall–Kier alpha value is -2.69. The number of hydrogen-bond donors (Lipinski definition) is 1. The van der Waals surface area contributed by atoms with Gasteiger partial charge in [-0.1, -0.05) is 24.3 Å². The quantitative estimate of drug-likeness (QED) is 0.844. The first-order valence-electron chi connectivity index (χ1n) is 6.24. The number of aromatic nitrogens is 2. The minimum Gasteiger partial charge on any atom is -0.347 e. The molecule has 0 bridgehead atoms. The van der Waals surface area contributed by atoms with Gasteiger partial charge in [-0.3, -0.25) is 4.79 Å². The summed E-state index contributed by atoms with van der Waals surface area (Å²) in [6.45, 7) is 3.95. The normalized spacial score (nSPS) is 9.85. The first-order chi connectivity index (χ1) is 9.72. The lowest BCUT2D eigenvalue weighted by Gasteiger charge is -2.17. The topological polar surface area (TPSA) is 58.1 Å². The van der Waals surface area contributed by atoms with Crippen LogP contribution in [0.4, 0.5) is 11.5 Å². The van der Waals surface area contributed by atoms with E-state index in [1.807, 2.05) is 42.3 Å². The first kappa shape index (κ1) is 13.7. The van der Waals surface area contributed by atoms with Gasteiger partial charge in [-0.05, 0) is 24.3 Å². The van der Waals surface area contributed by atoms with Gasteiger partial charge in [-0.2, -0.15) is 0 Å². The number of carbonyl (C=O) groups is 1. The number of anilines is 2. The fourth-order valence-electron chi connectivity index (χ4n) is 1.66. The third kappa shape index (κ3) is 3.20. The molecule has 20 heavy (non-hydrogen) atoms. The molecule has 0 aliphatic heterocycles. The van der Waals surface area contributed by atoms with Gasteiger partial charge in [-0.25, -0.2) is 0 Å². The summed E-state index contributed by atoms with van der Waals surface area (Å²) in [5.41, 5.74) is 1.29. The molecule has 1 aromatic heterocycles. The Bertz CT molecular complexity index is 581. The lowest BCUT2D eigenvalue weighted by molar-refractivity contribution is 0.0952. The second-order valence-corrected chi connectivity index (χ2v) is 4.17. The van der Waals surface area contributed by atoms with E-state index >= 15 is 0 Å². The summed E-state index contributed by atoms with van der Waals surface area (Å²) < 4.78 is 0. The van der Waals surface area contributed by atoms with Gasteiger partial charge >= 0.3 is 0 Å². The lowest BCUT2D eigenvalue weighted by Crippen LogP contribution is -2.24. The summed E-state index contributed by atoms with van der Waals surface area (Å²) in [6, 6.07) is 13.2. The van der Waals surface area contributed by atoms with Gasteiger partial charge in [0.15, 0.2) is 11.5 Å². The molecule has 0 spiro atoms. The van der Waals surface area contributed by atoms with Crippen molar-refractivity contribution in [3.63, 3.8) is 0 Å². The number of para-hydroxylation sites is 1. The van der Waals surface area contributed by atoms with Crippen LogP contribution < -0.4 is 10.2 Å².